The van der Waals surface area contributed by atoms with E-state index in [1.807, 2.05) is 0 Å². The lowest BCUT2D eigenvalue weighted by atomic mass is 10.1. The second-order valence-electron chi connectivity index (χ2n) is 4.26. The molecule has 1 unspecified atom stereocenters. The molecular weight excluding hydrogens is 264 g/mol. The van der Waals surface area contributed by atoms with Gasteiger partial charge in [0.05, 0.1) is 6.20 Å². The number of nitrogens with one attached hydrogen (secondary N) is 1. The molecule has 2 rings (SSSR count). The molecule has 0 aliphatic heterocycles. The average molecular weight is 281 g/mol. The third-order valence-corrected chi connectivity index (χ3v) is 4.09. The zero-order valence-corrected chi connectivity index (χ0v) is 12.2. The Bertz CT molecular complexity index is 493. The van der Waals surface area contributed by atoms with Gasteiger partial charge in [0.1, 0.15) is 9.34 Å². The number of hydrogen-bond acceptors (Lipinski definition) is 3. The second-order valence-corrected chi connectivity index (χ2v) is 6.00. The van der Waals surface area contributed by atoms with Crippen molar-refractivity contribution >= 4 is 22.9 Å². The first-order valence-electron chi connectivity index (χ1n) is 6.11. The van der Waals surface area contributed by atoms with Gasteiger partial charge in [-0.3, -0.25) is 0 Å². The molecule has 0 spiro atoms. The molecule has 0 saturated heterocycles. The van der Waals surface area contributed by atoms with E-state index in [9.17, 15) is 0 Å². The molecule has 96 valence electrons. The van der Waals surface area contributed by atoms with E-state index >= 15 is 0 Å². The summed E-state index contributed by atoms with van der Waals surface area (Å²) in [7, 11) is 0. The van der Waals surface area contributed by atoms with E-state index in [0.29, 0.717) is 6.04 Å². The zero-order chi connectivity index (χ0) is 13.0. The van der Waals surface area contributed by atoms with Gasteiger partial charge in [-0.05, 0) is 24.5 Å². The molecular formula is C14H17ClN2S. The van der Waals surface area contributed by atoms with Gasteiger partial charge in [-0.1, -0.05) is 42.8 Å². The molecule has 0 aliphatic rings. The number of halogens is 1. The Balaban J connectivity index is 1.92. The Kier molecular flexibility index (Phi) is 4.75. The van der Waals surface area contributed by atoms with E-state index in [4.69, 9.17) is 11.6 Å². The predicted molar refractivity (Wildman–Crippen MR) is 78.2 cm³/mol. The first-order valence-corrected chi connectivity index (χ1v) is 7.31. The highest BCUT2D eigenvalue weighted by atomic mass is 35.5. The van der Waals surface area contributed by atoms with E-state index in [1.54, 1.807) is 6.20 Å². The van der Waals surface area contributed by atoms with Gasteiger partial charge in [0, 0.05) is 12.6 Å². The lowest BCUT2D eigenvalue weighted by molar-refractivity contribution is 0.573. The third-order valence-electron chi connectivity index (χ3n) is 2.97. The van der Waals surface area contributed by atoms with E-state index in [1.165, 1.54) is 22.5 Å². The molecule has 1 atom stereocenters. The maximum Gasteiger partial charge on any atom is 0.113 e. The van der Waals surface area contributed by atoms with Gasteiger partial charge >= 0.3 is 0 Å². The smallest absolute Gasteiger partial charge is 0.113 e. The summed E-state index contributed by atoms with van der Waals surface area (Å²) in [4.78, 5) is 4.23. The minimum absolute atomic E-state index is 0.318. The SMILES string of the molecule is CCc1ccc(C(C)NCc2ncc(Cl)s2)cc1. The monoisotopic (exact) mass is 280 g/mol. The molecule has 4 heteroatoms. The molecule has 0 saturated carbocycles. The summed E-state index contributed by atoms with van der Waals surface area (Å²) in [5.41, 5.74) is 2.67. The maximum atomic E-state index is 5.85. The molecule has 1 heterocycles. The van der Waals surface area contributed by atoms with Crippen LogP contribution in [-0.4, -0.2) is 4.98 Å². The minimum Gasteiger partial charge on any atom is -0.304 e. The Morgan fingerprint density at radius 3 is 2.61 bits per heavy atom. The predicted octanol–water partition coefficient (Wildman–Crippen LogP) is 4.21. The van der Waals surface area contributed by atoms with Gasteiger partial charge in [0.2, 0.25) is 0 Å². The summed E-state index contributed by atoms with van der Waals surface area (Å²) >= 11 is 7.38. The van der Waals surface area contributed by atoms with Crippen molar-refractivity contribution in [2.24, 2.45) is 0 Å². The van der Waals surface area contributed by atoms with E-state index in [2.05, 4.69) is 48.4 Å². The van der Waals surface area contributed by atoms with Crippen molar-refractivity contribution in [3.63, 3.8) is 0 Å². The molecule has 0 fully saturated rings. The van der Waals surface area contributed by atoms with E-state index < -0.39 is 0 Å². The number of rotatable bonds is 5. The number of aryl methyl sites for hydroxylation is 1. The fourth-order valence-corrected chi connectivity index (χ4v) is 2.68. The van der Waals surface area contributed by atoms with Gasteiger partial charge in [0.25, 0.3) is 0 Å². The fraction of sp³-hybridized carbons (Fsp3) is 0.357. The van der Waals surface area contributed by atoms with Crippen LogP contribution in [-0.2, 0) is 13.0 Å². The van der Waals surface area contributed by atoms with Crippen LogP contribution in [0.5, 0.6) is 0 Å². The van der Waals surface area contributed by atoms with Crippen LogP contribution < -0.4 is 5.32 Å². The highest BCUT2D eigenvalue weighted by Crippen LogP contribution is 2.19. The summed E-state index contributed by atoms with van der Waals surface area (Å²) in [5, 5.41) is 4.48. The first kappa shape index (κ1) is 13.5. The molecule has 18 heavy (non-hydrogen) atoms. The molecule has 2 nitrogen and oxygen atoms in total. The van der Waals surface area contributed by atoms with Crippen molar-refractivity contribution in [1.82, 2.24) is 10.3 Å². The molecule has 1 aromatic carbocycles. The van der Waals surface area contributed by atoms with Crippen molar-refractivity contribution in [3.8, 4) is 0 Å². The molecule has 0 aliphatic carbocycles. The van der Waals surface area contributed by atoms with Crippen LogP contribution in [0.25, 0.3) is 0 Å². The zero-order valence-electron chi connectivity index (χ0n) is 10.6. The topological polar surface area (TPSA) is 24.9 Å². The van der Waals surface area contributed by atoms with Crippen LogP contribution in [0.4, 0.5) is 0 Å². The molecule has 0 bridgehead atoms. The fourth-order valence-electron chi connectivity index (χ4n) is 1.77. The highest BCUT2D eigenvalue weighted by molar-refractivity contribution is 7.15. The number of hydrogen-bond donors (Lipinski definition) is 1. The average Bonchev–Trinajstić information content (AvgIpc) is 2.82. The van der Waals surface area contributed by atoms with Crippen LogP contribution in [0.1, 0.15) is 36.0 Å². The lowest BCUT2D eigenvalue weighted by Crippen LogP contribution is -2.17. The molecule has 0 amide bonds. The van der Waals surface area contributed by atoms with Crippen LogP contribution in [0.3, 0.4) is 0 Å². The lowest BCUT2D eigenvalue weighted by Gasteiger charge is -2.13. The molecule has 2 aromatic rings. The highest BCUT2D eigenvalue weighted by Gasteiger charge is 2.06. The maximum absolute atomic E-state index is 5.85. The van der Waals surface area contributed by atoms with Gasteiger partial charge < -0.3 is 5.32 Å². The van der Waals surface area contributed by atoms with Crippen LogP contribution >= 0.6 is 22.9 Å². The quantitative estimate of drug-likeness (QED) is 0.887. The third kappa shape index (κ3) is 3.55. The van der Waals surface area contributed by atoms with Crippen molar-refractivity contribution in [2.45, 2.75) is 32.9 Å². The molecule has 1 N–H and O–H groups in total. The Morgan fingerprint density at radius 2 is 2.06 bits per heavy atom. The summed E-state index contributed by atoms with van der Waals surface area (Å²) in [6, 6.07) is 9.07. The van der Waals surface area contributed by atoms with Crippen LogP contribution in [0.15, 0.2) is 30.5 Å². The van der Waals surface area contributed by atoms with Crippen LogP contribution in [0.2, 0.25) is 4.34 Å². The molecule has 1 aromatic heterocycles. The number of nitrogens with zero attached hydrogens (tertiary/aromatic N) is 1. The van der Waals surface area contributed by atoms with Gasteiger partial charge in [-0.25, -0.2) is 4.98 Å². The van der Waals surface area contributed by atoms with Gasteiger partial charge in [0.15, 0.2) is 0 Å². The summed E-state index contributed by atoms with van der Waals surface area (Å²) in [5.74, 6) is 0. The summed E-state index contributed by atoms with van der Waals surface area (Å²) in [6.07, 6.45) is 2.78. The van der Waals surface area contributed by atoms with Crippen molar-refractivity contribution in [1.29, 1.82) is 0 Å². The van der Waals surface area contributed by atoms with Crippen molar-refractivity contribution in [3.05, 3.63) is 50.9 Å². The van der Waals surface area contributed by atoms with E-state index in [-0.39, 0.29) is 0 Å². The number of aromatic nitrogens is 1. The van der Waals surface area contributed by atoms with Crippen molar-refractivity contribution in [2.75, 3.05) is 0 Å². The second kappa shape index (κ2) is 6.32. The largest absolute Gasteiger partial charge is 0.304 e. The Labute approximate surface area is 117 Å². The number of benzene rings is 1. The van der Waals surface area contributed by atoms with E-state index in [0.717, 1.165) is 22.3 Å². The number of thiazole rings is 1. The summed E-state index contributed by atoms with van der Waals surface area (Å²) in [6.45, 7) is 5.09. The standard InChI is InChI=1S/C14H17ClN2S/c1-3-11-4-6-12(7-5-11)10(2)16-9-14-17-8-13(15)18-14/h4-8,10,16H,3,9H2,1-2H3. The molecule has 0 radical (unpaired) electrons. The van der Waals surface area contributed by atoms with Gasteiger partial charge in [-0.2, -0.15) is 0 Å². The van der Waals surface area contributed by atoms with Crippen molar-refractivity contribution < 1.29 is 0 Å². The Hall–Kier alpha value is -0.900. The normalized spacial score (nSPS) is 12.6. The van der Waals surface area contributed by atoms with Gasteiger partial charge in [-0.15, -0.1) is 11.3 Å². The first-order chi connectivity index (χ1) is 8.69. The minimum atomic E-state index is 0.318. The summed E-state index contributed by atoms with van der Waals surface area (Å²) < 4.78 is 0.742. The Morgan fingerprint density at radius 1 is 1.33 bits per heavy atom. The van der Waals surface area contributed by atoms with Crippen LogP contribution in [0, 0.1) is 0 Å².